The minimum atomic E-state index is 0.172. The van der Waals surface area contributed by atoms with Crippen molar-refractivity contribution in [3.63, 3.8) is 0 Å². The van der Waals surface area contributed by atoms with E-state index in [1.807, 2.05) is 23.1 Å². The van der Waals surface area contributed by atoms with E-state index in [0.29, 0.717) is 29.0 Å². The number of hydrogen-bond donors (Lipinski definition) is 0. The van der Waals surface area contributed by atoms with Gasteiger partial charge in [0.05, 0.1) is 19.1 Å². The van der Waals surface area contributed by atoms with Gasteiger partial charge < -0.3 is 9.64 Å². The van der Waals surface area contributed by atoms with Crippen LogP contribution in [0.4, 0.5) is 0 Å². The number of benzene rings is 1. The molecule has 1 aromatic rings. The molecule has 0 spiro atoms. The van der Waals surface area contributed by atoms with Gasteiger partial charge >= 0.3 is 0 Å². The molecule has 3 nitrogen and oxygen atoms in total. The van der Waals surface area contributed by atoms with E-state index in [9.17, 15) is 4.79 Å². The van der Waals surface area contributed by atoms with Crippen LogP contribution in [-0.2, 0) is 9.53 Å². The molecule has 1 amide bonds. The fourth-order valence-electron chi connectivity index (χ4n) is 2.62. The molecule has 1 saturated heterocycles. The molecule has 4 heteroatoms. The molecular formula is C14H16INO2. The monoisotopic (exact) mass is 357 g/mol. The number of rotatable bonds is 2. The summed E-state index contributed by atoms with van der Waals surface area (Å²) in [5.41, 5.74) is 1.29. The van der Waals surface area contributed by atoms with Gasteiger partial charge in [0, 0.05) is 22.9 Å². The molecular weight excluding hydrogens is 341 g/mol. The van der Waals surface area contributed by atoms with Gasteiger partial charge in [0.15, 0.2) is 0 Å². The predicted octanol–water partition coefficient (Wildman–Crippen LogP) is 2.06. The fourth-order valence-corrected chi connectivity index (χ4v) is 4.00. The molecule has 2 aliphatic rings. The summed E-state index contributed by atoms with van der Waals surface area (Å²) in [5, 5.41) is 0. The van der Waals surface area contributed by atoms with Crippen molar-refractivity contribution < 1.29 is 9.53 Å². The first-order valence-corrected chi connectivity index (χ1v) is 7.59. The topological polar surface area (TPSA) is 29.5 Å². The lowest BCUT2D eigenvalue weighted by molar-refractivity contribution is -0.136. The lowest BCUT2D eigenvalue weighted by atomic mass is 10.1. The maximum Gasteiger partial charge on any atom is 0.227 e. The molecule has 0 radical (unpaired) electrons. The zero-order valence-electron chi connectivity index (χ0n) is 10.1. The Balaban J connectivity index is 1.69. The highest BCUT2D eigenvalue weighted by Crippen LogP contribution is 2.54. The van der Waals surface area contributed by atoms with E-state index in [4.69, 9.17) is 4.74 Å². The molecule has 0 aromatic heterocycles. The van der Waals surface area contributed by atoms with E-state index < -0.39 is 0 Å². The number of ether oxygens (including phenoxy) is 1. The predicted molar refractivity (Wildman–Crippen MR) is 77.9 cm³/mol. The van der Waals surface area contributed by atoms with E-state index in [-0.39, 0.29) is 5.92 Å². The second-order valence-electron chi connectivity index (χ2n) is 4.84. The van der Waals surface area contributed by atoms with Crippen LogP contribution in [0.5, 0.6) is 0 Å². The molecule has 0 N–H and O–H groups in total. The standard InChI is InChI=1S/C14H16INO2/c15-13-11(10-4-2-1-3-5-10)12(13)14(17)16-6-8-18-9-7-16/h1-5,11-13H,6-9H2/t11-,12-,13-/m1/s1. The SMILES string of the molecule is O=C([C@H]1[C@H](I)[C@@H]1c1ccccc1)N1CCOCC1. The van der Waals surface area contributed by atoms with Crippen molar-refractivity contribution in [2.45, 2.75) is 9.84 Å². The van der Waals surface area contributed by atoms with Gasteiger partial charge in [0.1, 0.15) is 0 Å². The highest BCUT2D eigenvalue weighted by Gasteiger charge is 2.55. The molecule has 2 fully saturated rings. The van der Waals surface area contributed by atoms with Crippen molar-refractivity contribution in [1.29, 1.82) is 0 Å². The minimum Gasteiger partial charge on any atom is -0.378 e. The number of morpholine rings is 1. The van der Waals surface area contributed by atoms with Crippen LogP contribution in [0.3, 0.4) is 0 Å². The smallest absolute Gasteiger partial charge is 0.227 e. The first-order chi connectivity index (χ1) is 8.79. The van der Waals surface area contributed by atoms with Gasteiger partial charge in [-0.2, -0.15) is 0 Å². The number of halogens is 1. The first kappa shape index (κ1) is 12.4. The van der Waals surface area contributed by atoms with Crippen LogP contribution in [0.15, 0.2) is 30.3 Å². The van der Waals surface area contributed by atoms with Crippen LogP contribution in [0.2, 0.25) is 0 Å². The second-order valence-corrected chi connectivity index (χ2v) is 6.28. The van der Waals surface area contributed by atoms with Crippen LogP contribution in [0.1, 0.15) is 11.5 Å². The number of alkyl halides is 1. The molecule has 3 atom stereocenters. The Bertz CT molecular complexity index is 431. The number of hydrogen-bond acceptors (Lipinski definition) is 2. The Morgan fingerprint density at radius 1 is 1.22 bits per heavy atom. The zero-order valence-corrected chi connectivity index (χ0v) is 12.2. The lowest BCUT2D eigenvalue weighted by Gasteiger charge is -2.27. The van der Waals surface area contributed by atoms with Crippen molar-refractivity contribution in [2.75, 3.05) is 26.3 Å². The first-order valence-electron chi connectivity index (χ1n) is 6.34. The summed E-state index contributed by atoms with van der Waals surface area (Å²) >= 11 is 2.41. The van der Waals surface area contributed by atoms with Crippen molar-refractivity contribution in [3.05, 3.63) is 35.9 Å². The highest BCUT2D eigenvalue weighted by atomic mass is 127. The molecule has 0 unspecified atom stereocenters. The van der Waals surface area contributed by atoms with Crippen LogP contribution in [-0.4, -0.2) is 41.0 Å². The van der Waals surface area contributed by atoms with Crippen LogP contribution in [0, 0.1) is 5.92 Å². The van der Waals surface area contributed by atoms with Crippen molar-refractivity contribution in [1.82, 2.24) is 4.90 Å². The normalized spacial score (nSPS) is 31.2. The molecule has 1 aliphatic carbocycles. The van der Waals surface area contributed by atoms with Gasteiger partial charge in [-0.05, 0) is 5.56 Å². The van der Waals surface area contributed by atoms with Gasteiger partial charge in [-0.1, -0.05) is 52.9 Å². The molecule has 1 aromatic carbocycles. The fraction of sp³-hybridized carbons (Fsp3) is 0.500. The Morgan fingerprint density at radius 2 is 1.89 bits per heavy atom. The highest BCUT2D eigenvalue weighted by molar-refractivity contribution is 14.1. The lowest BCUT2D eigenvalue weighted by Crippen LogP contribution is -2.42. The summed E-state index contributed by atoms with van der Waals surface area (Å²) in [6, 6.07) is 10.4. The van der Waals surface area contributed by atoms with Gasteiger partial charge in [-0.3, -0.25) is 4.79 Å². The van der Waals surface area contributed by atoms with E-state index in [0.717, 1.165) is 13.1 Å². The van der Waals surface area contributed by atoms with Crippen molar-refractivity contribution in [3.8, 4) is 0 Å². The Kier molecular flexibility index (Phi) is 3.56. The third kappa shape index (κ3) is 2.28. The minimum absolute atomic E-state index is 0.172. The van der Waals surface area contributed by atoms with Gasteiger partial charge in [0.25, 0.3) is 0 Å². The van der Waals surface area contributed by atoms with Gasteiger partial charge in [0.2, 0.25) is 5.91 Å². The Labute approximate surface area is 121 Å². The molecule has 0 bridgehead atoms. The maximum atomic E-state index is 12.4. The summed E-state index contributed by atoms with van der Waals surface area (Å²) in [7, 11) is 0. The maximum absolute atomic E-state index is 12.4. The van der Waals surface area contributed by atoms with Gasteiger partial charge in [-0.25, -0.2) is 0 Å². The average Bonchev–Trinajstić information content (AvgIpc) is 3.11. The van der Waals surface area contributed by atoms with Crippen LogP contribution in [0.25, 0.3) is 0 Å². The summed E-state index contributed by atoms with van der Waals surface area (Å²) in [5.74, 6) is 0.889. The largest absolute Gasteiger partial charge is 0.378 e. The van der Waals surface area contributed by atoms with E-state index in [1.54, 1.807) is 0 Å². The third-order valence-electron chi connectivity index (χ3n) is 3.72. The molecule has 18 heavy (non-hydrogen) atoms. The Hall–Kier alpha value is -0.620. The molecule has 3 rings (SSSR count). The van der Waals surface area contributed by atoms with E-state index in [2.05, 4.69) is 34.7 Å². The van der Waals surface area contributed by atoms with E-state index >= 15 is 0 Å². The van der Waals surface area contributed by atoms with Crippen molar-refractivity contribution in [2.24, 2.45) is 5.92 Å². The number of carbonyl (C=O) groups excluding carboxylic acids is 1. The van der Waals surface area contributed by atoms with E-state index in [1.165, 1.54) is 5.56 Å². The summed E-state index contributed by atoms with van der Waals surface area (Å²) < 4.78 is 5.74. The summed E-state index contributed by atoms with van der Waals surface area (Å²) in [6.45, 7) is 2.86. The van der Waals surface area contributed by atoms with Crippen LogP contribution >= 0.6 is 22.6 Å². The third-order valence-corrected chi connectivity index (χ3v) is 5.27. The zero-order chi connectivity index (χ0) is 12.5. The quantitative estimate of drug-likeness (QED) is 0.599. The summed E-state index contributed by atoms with van der Waals surface area (Å²) in [4.78, 5) is 14.4. The Morgan fingerprint density at radius 3 is 2.56 bits per heavy atom. The molecule has 1 heterocycles. The molecule has 1 saturated carbocycles. The van der Waals surface area contributed by atoms with Crippen LogP contribution < -0.4 is 0 Å². The van der Waals surface area contributed by atoms with Crippen molar-refractivity contribution >= 4 is 28.5 Å². The summed E-state index contributed by atoms with van der Waals surface area (Å²) in [6.07, 6.45) is 0. The molecule has 1 aliphatic heterocycles. The number of amides is 1. The number of nitrogens with zero attached hydrogens (tertiary/aromatic N) is 1. The second kappa shape index (κ2) is 5.17. The van der Waals surface area contributed by atoms with Gasteiger partial charge in [-0.15, -0.1) is 0 Å². The molecule has 96 valence electrons. The average molecular weight is 357 g/mol. The number of carbonyl (C=O) groups is 1.